The first-order chi connectivity index (χ1) is 6.72. The van der Waals surface area contributed by atoms with Crippen LogP contribution in [0.15, 0.2) is 18.3 Å². The summed E-state index contributed by atoms with van der Waals surface area (Å²) < 4.78 is 0. The number of hydrogen-bond donors (Lipinski definition) is 0. The van der Waals surface area contributed by atoms with Gasteiger partial charge in [0, 0.05) is 6.20 Å². The first-order valence-corrected chi connectivity index (χ1v) is 4.49. The lowest BCUT2D eigenvalue weighted by Gasteiger charge is -2.00. The molecule has 2 heterocycles. The third-order valence-corrected chi connectivity index (χ3v) is 2.33. The third kappa shape index (κ3) is 1.39. The summed E-state index contributed by atoms with van der Waals surface area (Å²) in [5, 5.41) is 9.33. The fourth-order valence-electron chi connectivity index (χ4n) is 1.09. The quantitative estimate of drug-likeness (QED) is 0.646. The van der Waals surface area contributed by atoms with Crippen molar-refractivity contribution in [2.24, 2.45) is 0 Å². The second-order valence-electron chi connectivity index (χ2n) is 2.60. The summed E-state index contributed by atoms with van der Waals surface area (Å²) in [6, 6.07) is 5.26. The van der Waals surface area contributed by atoms with Crippen molar-refractivity contribution in [2.45, 2.75) is 0 Å². The average molecular weight is 224 g/mol. The summed E-state index contributed by atoms with van der Waals surface area (Å²) in [7, 11) is 0. The van der Waals surface area contributed by atoms with Crippen LogP contribution in [0.3, 0.4) is 0 Å². The molecular formula is C9H3Cl2N3. The van der Waals surface area contributed by atoms with E-state index in [0.29, 0.717) is 26.8 Å². The molecule has 0 unspecified atom stereocenters. The van der Waals surface area contributed by atoms with Gasteiger partial charge in [-0.25, -0.2) is 4.98 Å². The fourth-order valence-corrected chi connectivity index (χ4v) is 1.47. The van der Waals surface area contributed by atoms with Gasteiger partial charge in [-0.05, 0) is 12.1 Å². The number of halogens is 2. The van der Waals surface area contributed by atoms with Crippen LogP contribution < -0.4 is 0 Å². The van der Waals surface area contributed by atoms with Crippen LogP contribution in [0.2, 0.25) is 10.2 Å². The smallest absolute Gasteiger partial charge is 0.129 e. The minimum atomic E-state index is 0.292. The van der Waals surface area contributed by atoms with Gasteiger partial charge in [0.25, 0.3) is 0 Å². The van der Waals surface area contributed by atoms with E-state index in [-0.39, 0.29) is 0 Å². The molecule has 0 bridgehead atoms. The Bertz CT molecular complexity index is 545. The van der Waals surface area contributed by atoms with Crippen LogP contribution in [0.1, 0.15) is 5.56 Å². The van der Waals surface area contributed by atoms with Crippen LogP contribution in [0.5, 0.6) is 0 Å². The Morgan fingerprint density at radius 2 is 2.07 bits per heavy atom. The zero-order chi connectivity index (χ0) is 10.1. The third-order valence-electron chi connectivity index (χ3n) is 1.74. The van der Waals surface area contributed by atoms with Crippen molar-refractivity contribution < 1.29 is 0 Å². The second-order valence-corrected chi connectivity index (χ2v) is 3.36. The first-order valence-electron chi connectivity index (χ1n) is 3.73. The molecule has 68 valence electrons. The fraction of sp³-hybridized carbons (Fsp3) is 0. The van der Waals surface area contributed by atoms with Gasteiger partial charge in [0.15, 0.2) is 0 Å². The van der Waals surface area contributed by atoms with Gasteiger partial charge >= 0.3 is 0 Å². The van der Waals surface area contributed by atoms with E-state index in [1.54, 1.807) is 12.1 Å². The molecule has 0 amide bonds. The Morgan fingerprint density at radius 3 is 2.79 bits per heavy atom. The number of rotatable bonds is 0. The van der Waals surface area contributed by atoms with Crippen molar-refractivity contribution in [2.75, 3.05) is 0 Å². The topological polar surface area (TPSA) is 49.6 Å². The van der Waals surface area contributed by atoms with E-state index < -0.39 is 0 Å². The lowest BCUT2D eigenvalue weighted by Crippen LogP contribution is -1.88. The number of fused-ring (bicyclic) bond motifs is 1. The SMILES string of the molecule is N#Cc1cnc2ccc(Cl)nc2c1Cl. The molecule has 0 fully saturated rings. The Morgan fingerprint density at radius 1 is 1.29 bits per heavy atom. The molecule has 14 heavy (non-hydrogen) atoms. The molecule has 0 aliphatic carbocycles. The maximum Gasteiger partial charge on any atom is 0.129 e. The molecule has 0 radical (unpaired) electrons. The van der Waals surface area contributed by atoms with Crippen molar-refractivity contribution in [1.82, 2.24) is 9.97 Å². The summed E-state index contributed by atoms with van der Waals surface area (Å²) in [6.45, 7) is 0. The van der Waals surface area contributed by atoms with E-state index >= 15 is 0 Å². The number of pyridine rings is 2. The molecule has 0 saturated heterocycles. The Balaban J connectivity index is 2.88. The molecule has 2 aromatic rings. The van der Waals surface area contributed by atoms with Crippen molar-refractivity contribution in [3.8, 4) is 6.07 Å². The molecule has 5 heteroatoms. The van der Waals surface area contributed by atoms with Gasteiger partial charge in [0.2, 0.25) is 0 Å². The van der Waals surface area contributed by atoms with E-state index in [0.717, 1.165) is 0 Å². The highest BCUT2D eigenvalue weighted by Gasteiger charge is 2.07. The molecule has 0 saturated carbocycles. The van der Waals surface area contributed by atoms with Gasteiger partial charge in [0.05, 0.1) is 16.1 Å². The monoisotopic (exact) mass is 223 g/mol. The summed E-state index contributed by atoms with van der Waals surface area (Å²) in [6.07, 6.45) is 1.42. The summed E-state index contributed by atoms with van der Waals surface area (Å²) in [4.78, 5) is 8.03. The van der Waals surface area contributed by atoms with E-state index in [4.69, 9.17) is 28.5 Å². The standard InChI is InChI=1S/C9H3Cl2N3/c10-7-2-1-6-9(14-7)8(11)5(3-12)4-13-6/h1-2,4H. The predicted octanol–water partition coefficient (Wildman–Crippen LogP) is 2.81. The van der Waals surface area contributed by atoms with Crippen LogP contribution in [0.25, 0.3) is 11.0 Å². The van der Waals surface area contributed by atoms with Crippen LogP contribution in [0, 0.1) is 11.3 Å². The number of nitriles is 1. The zero-order valence-corrected chi connectivity index (χ0v) is 8.34. The van der Waals surface area contributed by atoms with Crippen LogP contribution in [0.4, 0.5) is 0 Å². The van der Waals surface area contributed by atoms with Crippen LogP contribution >= 0.6 is 23.2 Å². The van der Waals surface area contributed by atoms with Gasteiger partial charge in [-0.3, -0.25) is 4.98 Å². The maximum absolute atomic E-state index is 8.71. The largest absolute Gasteiger partial charge is 0.253 e. The average Bonchev–Trinajstić information content (AvgIpc) is 2.20. The van der Waals surface area contributed by atoms with Crippen molar-refractivity contribution in [3.05, 3.63) is 34.1 Å². The summed E-state index contributed by atoms with van der Waals surface area (Å²) in [5.41, 5.74) is 1.38. The summed E-state index contributed by atoms with van der Waals surface area (Å²) >= 11 is 11.6. The second kappa shape index (κ2) is 3.41. The molecule has 0 aromatic carbocycles. The number of aromatic nitrogens is 2. The molecule has 2 rings (SSSR count). The van der Waals surface area contributed by atoms with Crippen molar-refractivity contribution >= 4 is 34.2 Å². The minimum absolute atomic E-state index is 0.292. The van der Waals surface area contributed by atoms with Gasteiger partial charge in [-0.1, -0.05) is 23.2 Å². The maximum atomic E-state index is 8.71. The number of hydrogen-bond acceptors (Lipinski definition) is 3. The van der Waals surface area contributed by atoms with Crippen LogP contribution in [-0.4, -0.2) is 9.97 Å². The lowest BCUT2D eigenvalue weighted by molar-refractivity contribution is 1.32. The molecule has 0 atom stereocenters. The van der Waals surface area contributed by atoms with Gasteiger partial charge in [-0.2, -0.15) is 5.26 Å². The van der Waals surface area contributed by atoms with Crippen molar-refractivity contribution in [1.29, 1.82) is 5.26 Å². The Hall–Kier alpha value is -1.37. The predicted molar refractivity (Wildman–Crippen MR) is 54.3 cm³/mol. The van der Waals surface area contributed by atoms with Gasteiger partial charge < -0.3 is 0 Å². The molecular weight excluding hydrogens is 221 g/mol. The Labute approximate surface area is 89.9 Å². The molecule has 0 aliphatic rings. The highest BCUT2D eigenvalue weighted by molar-refractivity contribution is 6.36. The van der Waals surface area contributed by atoms with Gasteiger partial charge in [-0.15, -0.1) is 0 Å². The van der Waals surface area contributed by atoms with E-state index in [1.165, 1.54) is 6.20 Å². The minimum Gasteiger partial charge on any atom is -0.253 e. The highest BCUT2D eigenvalue weighted by atomic mass is 35.5. The molecule has 0 aliphatic heterocycles. The normalized spacial score (nSPS) is 10.1. The molecule has 0 N–H and O–H groups in total. The first kappa shape index (κ1) is 9.20. The van der Waals surface area contributed by atoms with E-state index in [1.807, 2.05) is 6.07 Å². The molecule has 2 aromatic heterocycles. The summed E-state index contributed by atoms with van der Waals surface area (Å²) in [5.74, 6) is 0. The van der Waals surface area contributed by atoms with Crippen LogP contribution in [-0.2, 0) is 0 Å². The molecule has 3 nitrogen and oxygen atoms in total. The zero-order valence-electron chi connectivity index (χ0n) is 6.83. The molecule has 0 spiro atoms. The Kier molecular flexibility index (Phi) is 2.24. The van der Waals surface area contributed by atoms with E-state index in [9.17, 15) is 0 Å². The lowest BCUT2D eigenvalue weighted by atomic mass is 10.2. The highest BCUT2D eigenvalue weighted by Crippen LogP contribution is 2.24. The van der Waals surface area contributed by atoms with Gasteiger partial charge in [0.1, 0.15) is 16.7 Å². The number of nitrogens with zero attached hydrogens (tertiary/aromatic N) is 3. The van der Waals surface area contributed by atoms with Crippen molar-refractivity contribution in [3.63, 3.8) is 0 Å². The van der Waals surface area contributed by atoms with E-state index in [2.05, 4.69) is 9.97 Å².